The molecule has 4 aromatic rings. The number of carbonyl (C=O) groups excluding carboxylic acids is 1. The Morgan fingerprint density at radius 3 is 2.13 bits per heavy atom. The number of para-hydroxylation sites is 1. The average Bonchev–Trinajstić information content (AvgIpc) is 3.13. The smallest absolute Gasteiger partial charge is 0.326 e. The van der Waals surface area contributed by atoms with E-state index in [4.69, 9.17) is 0 Å². The molecule has 5 rings (SSSR count). The fourth-order valence-corrected chi connectivity index (χ4v) is 4.32. The SMILES string of the molecule is O=C(N[C@@H](Cc1ccc2ccccc2n1)C(=O)O)C1c2ccccc2-c2ccccc21. The highest BCUT2D eigenvalue weighted by Crippen LogP contribution is 2.44. The molecule has 0 bridgehead atoms. The molecule has 1 aliphatic rings. The minimum atomic E-state index is -1.08. The van der Waals surface area contributed by atoms with Gasteiger partial charge in [-0.15, -0.1) is 0 Å². The van der Waals surface area contributed by atoms with Crippen LogP contribution in [-0.4, -0.2) is 28.0 Å². The van der Waals surface area contributed by atoms with Crippen LogP contribution in [0.5, 0.6) is 0 Å². The summed E-state index contributed by atoms with van der Waals surface area (Å²) >= 11 is 0. The molecule has 0 unspecified atom stereocenters. The van der Waals surface area contributed by atoms with Gasteiger partial charge in [-0.1, -0.05) is 72.8 Å². The number of pyridine rings is 1. The van der Waals surface area contributed by atoms with Crippen molar-refractivity contribution in [3.8, 4) is 11.1 Å². The third-order valence-electron chi connectivity index (χ3n) is 5.78. The number of hydrogen-bond donors (Lipinski definition) is 2. The maximum absolute atomic E-state index is 13.3. The van der Waals surface area contributed by atoms with Gasteiger partial charge < -0.3 is 10.4 Å². The first kappa shape index (κ1) is 19.0. The molecule has 152 valence electrons. The fraction of sp³-hybridized carbons (Fsp3) is 0.115. The van der Waals surface area contributed by atoms with Crippen molar-refractivity contribution in [1.82, 2.24) is 10.3 Å². The zero-order chi connectivity index (χ0) is 21.4. The first-order chi connectivity index (χ1) is 15.1. The molecule has 1 amide bonds. The van der Waals surface area contributed by atoms with E-state index < -0.39 is 17.9 Å². The van der Waals surface area contributed by atoms with Crippen LogP contribution in [0.3, 0.4) is 0 Å². The van der Waals surface area contributed by atoms with Gasteiger partial charge in [-0.3, -0.25) is 9.78 Å². The van der Waals surface area contributed by atoms with Gasteiger partial charge in [0.25, 0.3) is 0 Å². The summed E-state index contributed by atoms with van der Waals surface area (Å²) < 4.78 is 0. The number of nitrogens with zero attached hydrogens (tertiary/aromatic N) is 1. The summed E-state index contributed by atoms with van der Waals surface area (Å²) in [5.74, 6) is -1.92. The molecule has 5 nitrogen and oxygen atoms in total. The number of carboxylic acid groups (broad SMARTS) is 1. The van der Waals surface area contributed by atoms with Crippen molar-refractivity contribution in [2.75, 3.05) is 0 Å². The first-order valence-corrected chi connectivity index (χ1v) is 10.2. The Morgan fingerprint density at radius 1 is 0.839 bits per heavy atom. The number of amides is 1. The summed E-state index contributed by atoms with van der Waals surface area (Å²) in [6.45, 7) is 0. The second-order valence-corrected chi connectivity index (χ2v) is 7.71. The molecule has 0 aliphatic heterocycles. The third kappa shape index (κ3) is 3.44. The molecule has 0 saturated carbocycles. The van der Waals surface area contributed by atoms with Crippen LogP contribution in [0.4, 0.5) is 0 Å². The molecule has 1 aliphatic carbocycles. The third-order valence-corrected chi connectivity index (χ3v) is 5.78. The summed E-state index contributed by atoms with van der Waals surface area (Å²) in [7, 11) is 0. The average molecular weight is 408 g/mol. The Kier molecular flexibility index (Phi) is 4.71. The molecule has 0 radical (unpaired) electrons. The van der Waals surface area contributed by atoms with Crippen LogP contribution in [0.15, 0.2) is 84.9 Å². The van der Waals surface area contributed by atoms with E-state index in [2.05, 4.69) is 10.3 Å². The molecule has 1 atom stereocenters. The van der Waals surface area contributed by atoms with E-state index in [1.165, 1.54) is 0 Å². The fourth-order valence-electron chi connectivity index (χ4n) is 4.32. The van der Waals surface area contributed by atoms with Gasteiger partial charge in [0.2, 0.25) is 5.91 Å². The van der Waals surface area contributed by atoms with Crippen LogP contribution in [0.2, 0.25) is 0 Å². The van der Waals surface area contributed by atoms with Gasteiger partial charge >= 0.3 is 5.97 Å². The van der Waals surface area contributed by atoms with Crippen LogP contribution >= 0.6 is 0 Å². The Labute approximate surface area is 179 Å². The quantitative estimate of drug-likeness (QED) is 0.520. The molecule has 2 N–H and O–H groups in total. The molecule has 0 spiro atoms. The van der Waals surface area contributed by atoms with Gasteiger partial charge in [-0.05, 0) is 34.4 Å². The summed E-state index contributed by atoms with van der Waals surface area (Å²) in [6.07, 6.45) is 0.113. The van der Waals surface area contributed by atoms with E-state index in [-0.39, 0.29) is 12.3 Å². The monoisotopic (exact) mass is 408 g/mol. The van der Waals surface area contributed by atoms with Crippen molar-refractivity contribution < 1.29 is 14.7 Å². The number of nitrogens with one attached hydrogen (secondary N) is 1. The summed E-state index contributed by atoms with van der Waals surface area (Å²) in [4.78, 5) is 29.8. The lowest BCUT2D eigenvalue weighted by Crippen LogP contribution is -2.44. The van der Waals surface area contributed by atoms with Gasteiger partial charge in [-0.25, -0.2) is 4.79 Å². The molecule has 31 heavy (non-hydrogen) atoms. The zero-order valence-electron chi connectivity index (χ0n) is 16.7. The molecular weight excluding hydrogens is 388 g/mol. The van der Waals surface area contributed by atoms with Crippen molar-refractivity contribution >= 4 is 22.8 Å². The summed E-state index contributed by atoms with van der Waals surface area (Å²) in [5.41, 5.74) is 5.25. The van der Waals surface area contributed by atoms with Crippen molar-refractivity contribution in [3.05, 3.63) is 102 Å². The molecule has 3 aromatic carbocycles. The van der Waals surface area contributed by atoms with E-state index >= 15 is 0 Å². The van der Waals surface area contributed by atoms with E-state index in [0.29, 0.717) is 5.69 Å². The lowest BCUT2D eigenvalue weighted by molar-refractivity contribution is -0.141. The van der Waals surface area contributed by atoms with Crippen LogP contribution in [0.1, 0.15) is 22.7 Å². The second-order valence-electron chi connectivity index (χ2n) is 7.71. The number of hydrogen-bond acceptors (Lipinski definition) is 3. The number of benzene rings is 3. The highest BCUT2D eigenvalue weighted by atomic mass is 16.4. The van der Waals surface area contributed by atoms with Gasteiger partial charge in [-0.2, -0.15) is 0 Å². The van der Waals surface area contributed by atoms with E-state index in [1.807, 2.05) is 84.9 Å². The lowest BCUT2D eigenvalue weighted by atomic mass is 9.95. The van der Waals surface area contributed by atoms with E-state index in [1.54, 1.807) is 0 Å². The minimum absolute atomic E-state index is 0.113. The second kappa shape index (κ2) is 7.69. The topological polar surface area (TPSA) is 79.3 Å². The number of carbonyl (C=O) groups is 2. The highest BCUT2D eigenvalue weighted by Gasteiger charge is 2.35. The number of fused-ring (bicyclic) bond motifs is 4. The predicted molar refractivity (Wildman–Crippen MR) is 119 cm³/mol. The maximum Gasteiger partial charge on any atom is 0.326 e. The normalized spacial score (nSPS) is 13.4. The van der Waals surface area contributed by atoms with Crippen LogP contribution in [0, 0.1) is 0 Å². The predicted octanol–water partition coefficient (Wildman–Crippen LogP) is 4.16. The number of aromatic nitrogens is 1. The Morgan fingerprint density at radius 2 is 1.45 bits per heavy atom. The van der Waals surface area contributed by atoms with Crippen LogP contribution in [0.25, 0.3) is 22.0 Å². The van der Waals surface area contributed by atoms with Crippen LogP contribution in [-0.2, 0) is 16.0 Å². The van der Waals surface area contributed by atoms with Gasteiger partial charge in [0.1, 0.15) is 6.04 Å². The molecule has 5 heteroatoms. The largest absolute Gasteiger partial charge is 0.480 e. The Balaban J connectivity index is 1.43. The maximum atomic E-state index is 13.3. The van der Waals surface area contributed by atoms with Crippen molar-refractivity contribution in [1.29, 1.82) is 0 Å². The Hall–Kier alpha value is -3.99. The van der Waals surface area contributed by atoms with Crippen LogP contribution < -0.4 is 5.32 Å². The minimum Gasteiger partial charge on any atom is -0.480 e. The molecular formula is C26H20N2O3. The summed E-state index contributed by atoms with van der Waals surface area (Å²) in [6, 6.07) is 25.9. The molecule has 1 aromatic heterocycles. The summed E-state index contributed by atoms with van der Waals surface area (Å²) in [5, 5.41) is 13.5. The molecule has 1 heterocycles. The van der Waals surface area contributed by atoms with E-state index in [9.17, 15) is 14.7 Å². The van der Waals surface area contributed by atoms with Gasteiger partial charge in [0, 0.05) is 17.5 Å². The van der Waals surface area contributed by atoms with Gasteiger partial charge in [0.15, 0.2) is 0 Å². The zero-order valence-corrected chi connectivity index (χ0v) is 16.7. The molecule has 0 saturated heterocycles. The van der Waals surface area contributed by atoms with Crippen molar-refractivity contribution in [3.63, 3.8) is 0 Å². The van der Waals surface area contributed by atoms with E-state index in [0.717, 1.165) is 33.2 Å². The number of rotatable bonds is 5. The Bertz CT molecular complexity index is 1270. The molecule has 0 fully saturated rings. The number of aliphatic carboxylic acids is 1. The number of carboxylic acids is 1. The lowest BCUT2D eigenvalue weighted by Gasteiger charge is -2.19. The van der Waals surface area contributed by atoms with Gasteiger partial charge in [0.05, 0.1) is 11.4 Å². The van der Waals surface area contributed by atoms with Crippen molar-refractivity contribution in [2.45, 2.75) is 18.4 Å². The standard InChI is InChI=1S/C26H20N2O3/c29-25(24-20-10-4-2-8-18(20)19-9-3-5-11-21(19)24)28-23(26(30)31)15-17-14-13-16-7-1-6-12-22(16)27-17/h1-14,23-24H,15H2,(H,28,29)(H,30,31)/t23-/m0/s1. The van der Waals surface area contributed by atoms with Crippen molar-refractivity contribution in [2.24, 2.45) is 0 Å². The first-order valence-electron chi connectivity index (χ1n) is 10.2. The highest BCUT2D eigenvalue weighted by molar-refractivity contribution is 5.97.